The maximum Gasteiger partial charge on any atom is 0.306 e. The van der Waals surface area contributed by atoms with E-state index < -0.39 is 6.10 Å². The van der Waals surface area contributed by atoms with Gasteiger partial charge in [0.05, 0.1) is 0 Å². The third-order valence-corrected chi connectivity index (χ3v) is 10.8. The Morgan fingerprint density at radius 3 is 0.957 bits per heavy atom. The summed E-state index contributed by atoms with van der Waals surface area (Å²) in [6.07, 6.45) is 79.8. The van der Waals surface area contributed by atoms with Gasteiger partial charge in [-0.2, -0.15) is 0 Å². The normalized spacial score (nSPS) is 13.3. The van der Waals surface area contributed by atoms with Crippen molar-refractivity contribution in [3.63, 3.8) is 0 Å². The zero-order chi connectivity index (χ0) is 50.0. The first-order valence-corrected chi connectivity index (χ1v) is 27.3. The highest BCUT2D eigenvalue weighted by molar-refractivity contribution is 5.71. The third kappa shape index (κ3) is 54.1. The highest BCUT2D eigenvalue weighted by atomic mass is 16.6. The van der Waals surface area contributed by atoms with Gasteiger partial charge in [-0.25, -0.2) is 0 Å². The average molecular weight is 951 g/mol. The Kier molecular flexibility index (Phi) is 52.1. The van der Waals surface area contributed by atoms with Crippen LogP contribution in [0.5, 0.6) is 0 Å². The zero-order valence-electron chi connectivity index (χ0n) is 44.0. The number of carbonyl (C=O) groups excluding carboxylic acids is 3. The van der Waals surface area contributed by atoms with Gasteiger partial charge in [0.2, 0.25) is 0 Å². The van der Waals surface area contributed by atoms with Crippen LogP contribution in [0.4, 0.5) is 0 Å². The minimum atomic E-state index is -0.831. The monoisotopic (exact) mass is 951 g/mol. The lowest BCUT2D eigenvalue weighted by molar-refractivity contribution is -0.167. The van der Waals surface area contributed by atoms with Crippen molar-refractivity contribution in [2.24, 2.45) is 0 Å². The van der Waals surface area contributed by atoms with E-state index in [0.717, 1.165) is 135 Å². The summed E-state index contributed by atoms with van der Waals surface area (Å²) in [5.41, 5.74) is 0. The number of hydrogen-bond donors (Lipinski definition) is 0. The van der Waals surface area contributed by atoms with Crippen LogP contribution in [-0.2, 0) is 28.6 Å². The van der Waals surface area contributed by atoms with Gasteiger partial charge in [0, 0.05) is 19.3 Å². The standard InChI is InChI=1S/C63H98O6/c1-4-7-10-13-16-19-22-25-28-30-31-33-36-39-42-45-48-51-54-57-63(66)69-60(58-67-61(64)55-52-49-46-43-40-37-34-27-24-21-18-15-12-9-6-3)59-68-62(65)56-53-50-47-44-41-38-35-32-29-26-23-20-17-14-11-8-5-2/h7-8,10-11,16-21,25-29,31,33-35,38-39,42,44,47,60H,4-6,9,12-15,22-24,30,32,36-37,40-41,43,45-46,48-59H2,1-3H3/b10-7-,11-8-,19-16-,20-17-,21-18-,28-25-,29-26-,33-31-,34-27-,38-35-,42-39-,47-44-/t60-/m0/s1. The Hall–Kier alpha value is -4.71. The topological polar surface area (TPSA) is 78.9 Å². The maximum absolute atomic E-state index is 12.8. The van der Waals surface area contributed by atoms with Gasteiger partial charge in [-0.3, -0.25) is 14.4 Å². The first-order chi connectivity index (χ1) is 34.0. The van der Waals surface area contributed by atoms with E-state index in [-0.39, 0.29) is 44.0 Å². The molecule has 0 aromatic heterocycles. The lowest BCUT2D eigenvalue weighted by Gasteiger charge is -2.18. The van der Waals surface area contributed by atoms with Crippen LogP contribution in [0.25, 0.3) is 0 Å². The molecule has 0 fully saturated rings. The van der Waals surface area contributed by atoms with Crippen LogP contribution in [-0.4, -0.2) is 37.2 Å². The summed E-state index contributed by atoms with van der Waals surface area (Å²) in [7, 11) is 0. The second kappa shape index (κ2) is 55.9. The van der Waals surface area contributed by atoms with Gasteiger partial charge >= 0.3 is 17.9 Å². The van der Waals surface area contributed by atoms with E-state index >= 15 is 0 Å². The molecule has 0 heterocycles. The van der Waals surface area contributed by atoms with Crippen LogP contribution >= 0.6 is 0 Å². The van der Waals surface area contributed by atoms with Crippen LogP contribution in [0.2, 0.25) is 0 Å². The molecule has 0 unspecified atom stereocenters. The van der Waals surface area contributed by atoms with Crippen LogP contribution < -0.4 is 0 Å². The molecule has 0 aliphatic rings. The number of allylic oxidation sites excluding steroid dienone is 24. The highest BCUT2D eigenvalue weighted by Gasteiger charge is 2.19. The van der Waals surface area contributed by atoms with E-state index in [9.17, 15) is 14.4 Å². The predicted octanol–water partition coefficient (Wildman–Crippen LogP) is 18.4. The van der Waals surface area contributed by atoms with Crippen molar-refractivity contribution >= 4 is 17.9 Å². The molecular weight excluding hydrogens is 853 g/mol. The smallest absolute Gasteiger partial charge is 0.306 e. The number of ether oxygens (including phenoxy) is 3. The summed E-state index contributed by atoms with van der Waals surface area (Å²) < 4.78 is 16.7. The first-order valence-electron chi connectivity index (χ1n) is 27.3. The minimum absolute atomic E-state index is 0.123. The Morgan fingerprint density at radius 2 is 0.580 bits per heavy atom. The van der Waals surface area contributed by atoms with Crippen molar-refractivity contribution in [1.29, 1.82) is 0 Å². The van der Waals surface area contributed by atoms with Gasteiger partial charge in [0.1, 0.15) is 13.2 Å². The van der Waals surface area contributed by atoms with E-state index in [0.29, 0.717) is 19.3 Å². The van der Waals surface area contributed by atoms with Gasteiger partial charge in [0.15, 0.2) is 6.10 Å². The molecule has 0 bridgehead atoms. The molecule has 0 rings (SSSR count). The van der Waals surface area contributed by atoms with E-state index in [1.54, 1.807) is 0 Å². The molecule has 0 radical (unpaired) electrons. The van der Waals surface area contributed by atoms with Crippen LogP contribution in [0, 0.1) is 0 Å². The second-order valence-electron chi connectivity index (χ2n) is 17.4. The Morgan fingerprint density at radius 1 is 0.304 bits per heavy atom. The number of esters is 3. The molecule has 6 heteroatoms. The lowest BCUT2D eigenvalue weighted by atomic mass is 10.1. The van der Waals surface area contributed by atoms with Gasteiger partial charge in [-0.1, -0.05) is 205 Å². The summed E-state index contributed by atoms with van der Waals surface area (Å²) in [6, 6.07) is 0. The molecule has 0 aromatic carbocycles. The molecule has 69 heavy (non-hydrogen) atoms. The number of carbonyl (C=O) groups is 3. The maximum atomic E-state index is 12.8. The van der Waals surface area contributed by atoms with E-state index in [1.807, 2.05) is 0 Å². The van der Waals surface area contributed by atoms with Gasteiger partial charge in [-0.15, -0.1) is 0 Å². The first kappa shape index (κ1) is 64.3. The molecule has 0 saturated heterocycles. The Bertz CT molecular complexity index is 1560. The Balaban J connectivity index is 4.60. The average Bonchev–Trinajstić information content (AvgIpc) is 3.35. The van der Waals surface area contributed by atoms with E-state index in [2.05, 4.69) is 167 Å². The van der Waals surface area contributed by atoms with Crippen molar-refractivity contribution in [3.8, 4) is 0 Å². The summed E-state index contributed by atoms with van der Waals surface area (Å²) in [6.45, 7) is 6.28. The molecular formula is C63H98O6. The van der Waals surface area contributed by atoms with Crippen molar-refractivity contribution in [2.45, 2.75) is 219 Å². The van der Waals surface area contributed by atoms with Crippen molar-refractivity contribution in [2.75, 3.05) is 13.2 Å². The zero-order valence-corrected chi connectivity index (χ0v) is 44.0. The van der Waals surface area contributed by atoms with Crippen molar-refractivity contribution < 1.29 is 28.6 Å². The number of unbranched alkanes of at least 4 members (excludes halogenated alkanes) is 12. The summed E-state index contributed by atoms with van der Waals surface area (Å²) >= 11 is 0. The predicted molar refractivity (Wildman–Crippen MR) is 297 cm³/mol. The fraction of sp³-hybridized carbons (Fsp3) is 0.571. The largest absolute Gasteiger partial charge is 0.462 e. The van der Waals surface area contributed by atoms with Gasteiger partial charge < -0.3 is 14.2 Å². The molecule has 6 nitrogen and oxygen atoms in total. The van der Waals surface area contributed by atoms with Crippen molar-refractivity contribution in [1.82, 2.24) is 0 Å². The minimum Gasteiger partial charge on any atom is -0.462 e. The van der Waals surface area contributed by atoms with Crippen LogP contribution in [0.1, 0.15) is 213 Å². The lowest BCUT2D eigenvalue weighted by Crippen LogP contribution is -2.30. The van der Waals surface area contributed by atoms with Crippen LogP contribution in [0.3, 0.4) is 0 Å². The molecule has 0 saturated carbocycles. The number of rotatable bonds is 47. The SMILES string of the molecule is CC/C=C\C/C=C\C/C=C\C/C=C\C/C=C\CCCCCC(=O)O[C@H](COC(=O)CCC/C=C\C/C=C\C/C=C\C/C=C\C/C=C\CC)COC(=O)CCCCCCC/C=C\C/C=C\CCCCC. The van der Waals surface area contributed by atoms with Gasteiger partial charge in [-0.05, 0) is 135 Å². The molecule has 0 amide bonds. The molecule has 0 N–H and O–H groups in total. The quantitative estimate of drug-likeness (QED) is 0.0262. The molecule has 0 aromatic rings. The second-order valence-corrected chi connectivity index (χ2v) is 17.4. The molecule has 0 aliphatic carbocycles. The molecule has 0 aliphatic heterocycles. The van der Waals surface area contributed by atoms with Crippen LogP contribution in [0.15, 0.2) is 146 Å². The third-order valence-electron chi connectivity index (χ3n) is 10.8. The van der Waals surface area contributed by atoms with E-state index in [1.165, 1.54) is 25.7 Å². The molecule has 1 atom stereocenters. The summed E-state index contributed by atoms with van der Waals surface area (Å²) in [4.78, 5) is 38.1. The summed E-state index contributed by atoms with van der Waals surface area (Å²) in [5.74, 6) is -1.04. The van der Waals surface area contributed by atoms with Crippen molar-refractivity contribution in [3.05, 3.63) is 146 Å². The number of hydrogen-bond acceptors (Lipinski definition) is 6. The van der Waals surface area contributed by atoms with E-state index in [4.69, 9.17) is 14.2 Å². The van der Waals surface area contributed by atoms with Gasteiger partial charge in [0.25, 0.3) is 0 Å². The molecule has 0 spiro atoms. The molecule has 386 valence electrons. The fourth-order valence-corrected chi connectivity index (χ4v) is 6.77. The summed E-state index contributed by atoms with van der Waals surface area (Å²) in [5, 5.41) is 0. The fourth-order valence-electron chi connectivity index (χ4n) is 6.77. The Labute approximate surface area is 423 Å². The highest BCUT2D eigenvalue weighted by Crippen LogP contribution is 2.12.